The molecule has 0 bridgehead atoms. The number of benzene rings is 1. The van der Waals surface area contributed by atoms with Crippen molar-refractivity contribution in [3.8, 4) is 11.5 Å². The van der Waals surface area contributed by atoms with Crippen LogP contribution in [-0.2, 0) is 7.05 Å². The SMILES string of the molecule is Cc1cc2nccc(-c3nc4ccccc4n3C)n2n1. The van der Waals surface area contributed by atoms with Crippen LogP contribution in [0.1, 0.15) is 5.69 Å². The molecule has 0 amide bonds. The molecule has 0 fully saturated rings. The van der Waals surface area contributed by atoms with Gasteiger partial charge in [-0.05, 0) is 25.1 Å². The van der Waals surface area contributed by atoms with E-state index in [1.165, 1.54) is 0 Å². The lowest BCUT2D eigenvalue weighted by Gasteiger charge is -2.04. The van der Waals surface area contributed by atoms with Gasteiger partial charge in [-0.3, -0.25) is 0 Å². The highest BCUT2D eigenvalue weighted by Gasteiger charge is 2.13. The molecule has 98 valence electrons. The van der Waals surface area contributed by atoms with Gasteiger partial charge in [0.05, 0.1) is 16.7 Å². The Hall–Kier alpha value is -2.69. The van der Waals surface area contributed by atoms with Gasteiger partial charge in [0.2, 0.25) is 0 Å². The highest BCUT2D eigenvalue weighted by Crippen LogP contribution is 2.23. The summed E-state index contributed by atoms with van der Waals surface area (Å²) in [7, 11) is 2.02. The average Bonchev–Trinajstić information content (AvgIpc) is 2.99. The first kappa shape index (κ1) is 11.2. The second kappa shape index (κ2) is 3.90. The molecule has 3 heterocycles. The summed E-state index contributed by atoms with van der Waals surface area (Å²) in [5.74, 6) is 0.890. The van der Waals surface area contributed by atoms with Crippen LogP contribution in [0.2, 0.25) is 0 Å². The lowest BCUT2D eigenvalue weighted by molar-refractivity contribution is 0.884. The third-order valence-electron chi connectivity index (χ3n) is 3.50. The Morgan fingerprint density at radius 3 is 2.80 bits per heavy atom. The number of hydrogen-bond acceptors (Lipinski definition) is 3. The summed E-state index contributed by atoms with van der Waals surface area (Å²) in [4.78, 5) is 9.05. The van der Waals surface area contributed by atoms with E-state index in [2.05, 4.69) is 20.7 Å². The monoisotopic (exact) mass is 263 g/mol. The third-order valence-corrected chi connectivity index (χ3v) is 3.50. The molecule has 0 atom stereocenters. The van der Waals surface area contributed by atoms with Gasteiger partial charge in [0, 0.05) is 19.3 Å². The highest BCUT2D eigenvalue weighted by atomic mass is 15.3. The number of fused-ring (bicyclic) bond motifs is 2. The van der Waals surface area contributed by atoms with Crippen molar-refractivity contribution in [2.75, 3.05) is 0 Å². The lowest BCUT2D eigenvalue weighted by atomic mass is 10.3. The first-order valence-corrected chi connectivity index (χ1v) is 6.47. The van der Waals surface area contributed by atoms with Gasteiger partial charge in [0.25, 0.3) is 0 Å². The molecule has 3 aromatic heterocycles. The summed E-state index contributed by atoms with van der Waals surface area (Å²) in [5.41, 5.74) is 4.83. The molecule has 0 saturated carbocycles. The number of nitrogens with zero attached hydrogens (tertiary/aromatic N) is 5. The Labute approximate surface area is 115 Å². The van der Waals surface area contributed by atoms with Crippen LogP contribution in [0.15, 0.2) is 42.6 Å². The van der Waals surface area contributed by atoms with Crippen molar-refractivity contribution < 1.29 is 0 Å². The Bertz CT molecular complexity index is 932. The zero-order chi connectivity index (χ0) is 13.7. The zero-order valence-electron chi connectivity index (χ0n) is 11.3. The van der Waals surface area contributed by atoms with Crippen LogP contribution in [0.3, 0.4) is 0 Å². The molecule has 4 aromatic rings. The summed E-state index contributed by atoms with van der Waals surface area (Å²) < 4.78 is 3.93. The van der Waals surface area contributed by atoms with Crippen LogP contribution in [0, 0.1) is 6.92 Å². The maximum absolute atomic E-state index is 4.72. The quantitative estimate of drug-likeness (QED) is 0.530. The van der Waals surface area contributed by atoms with Crippen molar-refractivity contribution in [1.29, 1.82) is 0 Å². The van der Waals surface area contributed by atoms with Gasteiger partial charge in [0.15, 0.2) is 11.5 Å². The molecule has 0 N–H and O–H groups in total. The van der Waals surface area contributed by atoms with Gasteiger partial charge >= 0.3 is 0 Å². The second-order valence-electron chi connectivity index (χ2n) is 4.87. The first-order chi connectivity index (χ1) is 9.74. The minimum atomic E-state index is 0.840. The van der Waals surface area contributed by atoms with Crippen LogP contribution in [0.25, 0.3) is 28.2 Å². The summed E-state index contributed by atoms with van der Waals surface area (Å²) in [6.45, 7) is 1.97. The van der Waals surface area contributed by atoms with E-state index >= 15 is 0 Å². The van der Waals surface area contributed by atoms with Crippen molar-refractivity contribution in [2.24, 2.45) is 7.05 Å². The Morgan fingerprint density at radius 2 is 1.95 bits per heavy atom. The summed E-state index contributed by atoms with van der Waals surface area (Å²) in [5, 5.41) is 4.50. The number of hydrogen-bond donors (Lipinski definition) is 0. The predicted molar refractivity (Wildman–Crippen MR) is 77.4 cm³/mol. The van der Waals surface area contributed by atoms with E-state index in [1.54, 1.807) is 6.20 Å². The van der Waals surface area contributed by atoms with Gasteiger partial charge in [-0.2, -0.15) is 5.10 Å². The molecule has 20 heavy (non-hydrogen) atoms. The van der Waals surface area contributed by atoms with Gasteiger partial charge in [0.1, 0.15) is 5.69 Å². The number of para-hydroxylation sites is 2. The van der Waals surface area contributed by atoms with Gasteiger partial charge in [-0.1, -0.05) is 12.1 Å². The third kappa shape index (κ3) is 1.46. The van der Waals surface area contributed by atoms with Gasteiger partial charge in [-0.15, -0.1) is 0 Å². The van der Waals surface area contributed by atoms with Gasteiger partial charge < -0.3 is 4.57 Å². The van der Waals surface area contributed by atoms with E-state index in [4.69, 9.17) is 4.98 Å². The predicted octanol–water partition coefficient (Wildman–Crippen LogP) is 2.59. The fourth-order valence-corrected chi connectivity index (χ4v) is 2.55. The molecule has 0 unspecified atom stereocenters. The fourth-order valence-electron chi connectivity index (χ4n) is 2.55. The maximum Gasteiger partial charge on any atom is 0.159 e. The molecule has 0 aliphatic carbocycles. The Morgan fingerprint density at radius 1 is 1.10 bits per heavy atom. The van der Waals surface area contributed by atoms with Crippen LogP contribution in [0.5, 0.6) is 0 Å². The normalized spacial score (nSPS) is 11.5. The van der Waals surface area contributed by atoms with Crippen molar-refractivity contribution in [3.63, 3.8) is 0 Å². The molecule has 1 aromatic carbocycles. The van der Waals surface area contributed by atoms with E-state index < -0.39 is 0 Å². The van der Waals surface area contributed by atoms with Crippen LogP contribution in [0.4, 0.5) is 0 Å². The average molecular weight is 263 g/mol. The van der Waals surface area contributed by atoms with Crippen LogP contribution >= 0.6 is 0 Å². The van der Waals surface area contributed by atoms with Crippen molar-refractivity contribution in [1.82, 2.24) is 24.1 Å². The number of aryl methyl sites for hydroxylation is 2. The zero-order valence-corrected chi connectivity index (χ0v) is 11.3. The lowest BCUT2D eigenvalue weighted by Crippen LogP contribution is -2.00. The first-order valence-electron chi connectivity index (χ1n) is 6.47. The van der Waals surface area contributed by atoms with E-state index in [9.17, 15) is 0 Å². The van der Waals surface area contributed by atoms with Crippen LogP contribution in [-0.4, -0.2) is 24.1 Å². The van der Waals surface area contributed by atoms with Crippen molar-refractivity contribution >= 4 is 16.7 Å². The van der Waals surface area contributed by atoms with Gasteiger partial charge in [-0.25, -0.2) is 14.5 Å². The van der Waals surface area contributed by atoms with E-state index in [-0.39, 0.29) is 0 Å². The van der Waals surface area contributed by atoms with Crippen molar-refractivity contribution in [3.05, 3.63) is 48.3 Å². The second-order valence-corrected chi connectivity index (χ2v) is 4.87. The smallest absolute Gasteiger partial charge is 0.159 e. The minimum Gasteiger partial charge on any atom is -0.326 e. The maximum atomic E-state index is 4.72. The molecule has 4 rings (SSSR count). The fraction of sp³-hybridized carbons (Fsp3) is 0.133. The summed E-state index contributed by atoms with van der Waals surface area (Å²) >= 11 is 0. The van der Waals surface area contributed by atoms with Crippen LogP contribution < -0.4 is 0 Å². The largest absolute Gasteiger partial charge is 0.326 e. The van der Waals surface area contributed by atoms with E-state index in [1.807, 2.05) is 48.8 Å². The standard InChI is InChI=1S/C15H13N5/c1-10-9-14-16-8-7-13(20(14)18-10)15-17-11-5-3-4-6-12(11)19(15)2/h3-9H,1-2H3. The Kier molecular flexibility index (Phi) is 2.18. The number of imidazole rings is 1. The molecule has 0 aliphatic rings. The number of rotatable bonds is 1. The molecule has 0 aliphatic heterocycles. The highest BCUT2D eigenvalue weighted by molar-refractivity contribution is 5.80. The van der Waals surface area contributed by atoms with E-state index in [0.29, 0.717) is 0 Å². The molecule has 0 spiro atoms. The summed E-state index contributed by atoms with van der Waals surface area (Å²) in [6.07, 6.45) is 1.80. The topological polar surface area (TPSA) is 48.0 Å². The molecular weight excluding hydrogens is 250 g/mol. The molecule has 0 saturated heterocycles. The molecule has 5 heteroatoms. The van der Waals surface area contributed by atoms with E-state index in [0.717, 1.165) is 33.9 Å². The van der Waals surface area contributed by atoms with Crippen molar-refractivity contribution in [2.45, 2.75) is 6.92 Å². The summed E-state index contributed by atoms with van der Waals surface area (Å²) in [6, 6.07) is 12.0. The Balaban J connectivity index is 2.08. The molecular formula is C15H13N5. The number of aromatic nitrogens is 5. The molecule has 5 nitrogen and oxygen atoms in total. The molecule has 0 radical (unpaired) electrons. The minimum absolute atomic E-state index is 0.840.